The molecule has 0 aliphatic carbocycles. The number of hydrogen-bond donors (Lipinski definition) is 0. The van der Waals surface area contributed by atoms with E-state index in [9.17, 15) is 9.59 Å². The Bertz CT molecular complexity index is 416. The summed E-state index contributed by atoms with van der Waals surface area (Å²) in [6.07, 6.45) is 5.02. The van der Waals surface area contributed by atoms with Gasteiger partial charge < -0.3 is 4.74 Å². The van der Waals surface area contributed by atoms with Crippen LogP contribution in [-0.2, 0) is 14.3 Å². The summed E-state index contributed by atoms with van der Waals surface area (Å²) in [6.45, 7) is 0. The average molecular weight is 216 g/mol. The topological polar surface area (TPSA) is 43.4 Å². The first kappa shape index (κ1) is 11.9. The van der Waals surface area contributed by atoms with Crippen LogP contribution in [0.3, 0.4) is 0 Å². The second-order valence-corrected chi connectivity index (χ2v) is 2.99. The first-order chi connectivity index (χ1) is 7.77. The largest absolute Gasteiger partial charge is 0.465 e. The fraction of sp³-hybridized carbons (Fsp3) is 0.0769. The number of benzene rings is 1. The summed E-state index contributed by atoms with van der Waals surface area (Å²) >= 11 is 0. The molecule has 0 radical (unpaired) electrons. The van der Waals surface area contributed by atoms with Gasteiger partial charge in [-0.25, -0.2) is 4.79 Å². The maximum absolute atomic E-state index is 11.2. The predicted molar refractivity (Wildman–Crippen MR) is 61.6 cm³/mol. The maximum Gasteiger partial charge on any atom is 0.337 e. The molecule has 0 amide bonds. The van der Waals surface area contributed by atoms with Crippen LogP contribution in [0.4, 0.5) is 0 Å². The normalized spacial score (nSPS) is 11.4. The van der Waals surface area contributed by atoms with Crippen molar-refractivity contribution in [3.63, 3.8) is 0 Å². The molecule has 0 bridgehead atoms. The van der Waals surface area contributed by atoms with Crippen LogP contribution in [0.5, 0.6) is 0 Å². The van der Waals surface area contributed by atoms with Crippen LogP contribution in [0, 0.1) is 0 Å². The highest BCUT2D eigenvalue weighted by atomic mass is 16.5. The summed E-state index contributed by atoms with van der Waals surface area (Å²) in [5.41, 5.74) is 1.17. The number of aldehydes is 1. The van der Waals surface area contributed by atoms with Gasteiger partial charge in [0.15, 0.2) is 0 Å². The van der Waals surface area contributed by atoms with Crippen LogP contribution >= 0.6 is 0 Å². The molecular weight excluding hydrogens is 204 g/mol. The highest BCUT2D eigenvalue weighted by Crippen LogP contribution is 2.06. The number of hydrogen-bond acceptors (Lipinski definition) is 3. The summed E-state index contributed by atoms with van der Waals surface area (Å²) in [6, 6.07) is 9.47. The lowest BCUT2D eigenvalue weighted by Crippen LogP contribution is -2.02. The van der Waals surface area contributed by atoms with E-state index in [4.69, 9.17) is 0 Å². The molecule has 16 heavy (non-hydrogen) atoms. The number of ether oxygens (including phenoxy) is 1. The third kappa shape index (κ3) is 3.53. The molecule has 82 valence electrons. The van der Waals surface area contributed by atoms with Crippen LogP contribution in [-0.4, -0.2) is 19.4 Å². The van der Waals surface area contributed by atoms with Crippen molar-refractivity contribution < 1.29 is 14.3 Å². The minimum Gasteiger partial charge on any atom is -0.465 e. The fourth-order valence-corrected chi connectivity index (χ4v) is 1.13. The van der Waals surface area contributed by atoms with Crippen LogP contribution in [0.25, 0.3) is 6.08 Å². The van der Waals surface area contributed by atoms with Crippen LogP contribution < -0.4 is 0 Å². The highest BCUT2D eigenvalue weighted by molar-refractivity contribution is 5.96. The van der Waals surface area contributed by atoms with E-state index in [0.29, 0.717) is 6.29 Å². The van der Waals surface area contributed by atoms with Gasteiger partial charge in [0.25, 0.3) is 0 Å². The Morgan fingerprint density at radius 3 is 2.50 bits per heavy atom. The Balaban J connectivity index is 2.85. The lowest BCUT2D eigenvalue weighted by atomic mass is 10.1. The molecule has 0 N–H and O–H groups in total. The molecule has 0 saturated carbocycles. The number of rotatable bonds is 4. The van der Waals surface area contributed by atoms with E-state index in [0.717, 1.165) is 5.56 Å². The summed E-state index contributed by atoms with van der Waals surface area (Å²) < 4.78 is 4.54. The Morgan fingerprint density at radius 2 is 1.94 bits per heavy atom. The molecule has 0 atom stereocenters. The van der Waals surface area contributed by atoms with Crippen LogP contribution in [0.15, 0.2) is 48.1 Å². The second-order valence-electron chi connectivity index (χ2n) is 2.99. The summed E-state index contributed by atoms with van der Waals surface area (Å²) in [5, 5.41) is 0. The number of carbonyl (C=O) groups excluding carboxylic acids is 2. The monoisotopic (exact) mass is 216 g/mol. The molecule has 0 spiro atoms. The van der Waals surface area contributed by atoms with Crippen LogP contribution in [0.1, 0.15) is 5.56 Å². The van der Waals surface area contributed by atoms with E-state index in [1.807, 2.05) is 30.3 Å². The summed E-state index contributed by atoms with van der Waals surface area (Å²) in [7, 11) is 1.28. The van der Waals surface area contributed by atoms with Crippen molar-refractivity contribution in [3.05, 3.63) is 53.6 Å². The van der Waals surface area contributed by atoms with E-state index >= 15 is 0 Å². The smallest absolute Gasteiger partial charge is 0.337 e. The lowest BCUT2D eigenvalue weighted by Gasteiger charge is -1.97. The SMILES string of the molecule is COC(=O)C(=C\C=O)/C=C/c1ccccc1. The van der Waals surface area contributed by atoms with Gasteiger partial charge in [0.05, 0.1) is 12.7 Å². The summed E-state index contributed by atoms with van der Waals surface area (Å²) in [4.78, 5) is 21.6. The van der Waals surface area contributed by atoms with Gasteiger partial charge in [0, 0.05) is 0 Å². The fourth-order valence-electron chi connectivity index (χ4n) is 1.13. The van der Waals surface area contributed by atoms with E-state index in [-0.39, 0.29) is 5.57 Å². The Hall–Kier alpha value is -2.16. The molecule has 3 heteroatoms. The molecule has 0 fully saturated rings. The molecule has 1 rings (SSSR count). The van der Waals surface area contributed by atoms with Gasteiger partial charge in [0.1, 0.15) is 6.29 Å². The van der Waals surface area contributed by atoms with Crippen molar-refractivity contribution in [1.82, 2.24) is 0 Å². The lowest BCUT2D eigenvalue weighted by molar-refractivity contribution is -0.135. The predicted octanol–water partition coefficient (Wildman–Crippen LogP) is 2.00. The van der Waals surface area contributed by atoms with Crippen molar-refractivity contribution in [2.75, 3.05) is 7.11 Å². The quantitative estimate of drug-likeness (QED) is 0.334. The van der Waals surface area contributed by atoms with Crippen molar-refractivity contribution >= 4 is 18.3 Å². The number of allylic oxidation sites excluding steroid dienone is 1. The zero-order valence-electron chi connectivity index (χ0n) is 8.92. The Labute approximate surface area is 94.0 Å². The maximum atomic E-state index is 11.2. The van der Waals surface area contributed by atoms with E-state index < -0.39 is 5.97 Å². The van der Waals surface area contributed by atoms with Gasteiger partial charge in [-0.1, -0.05) is 36.4 Å². The molecule has 0 aliphatic rings. The zero-order valence-corrected chi connectivity index (χ0v) is 8.92. The van der Waals surface area contributed by atoms with Gasteiger partial charge in [-0.3, -0.25) is 4.79 Å². The minimum absolute atomic E-state index is 0.223. The van der Waals surface area contributed by atoms with Crippen molar-refractivity contribution in [3.8, 4) is 0 Å². The van der Waals surface area contributed by atoms with Crippen molar-refractivity contribution in [2.45, 2.75) is 0 Å². The number of esters is 1. The molecule has 0 unspecified atom stereocenters. The van der Waals surface area contributed by atoms with Gasteiger partial charge in [0.2, 0.25) is 0 Å². The van der Waals surface area contributed by atoms with Gasteiger partial charge in [-0.2, -0.15) is 0 Å². The third-order valence-electron chi connectivity index (χ3n) is 1.92. The van der Waals surface area contributed by atoms with Crippen LogP contribution in [0.2, 0.25) is 0 Å². The van der Waals surface area contributed by atoms with Gasteiger partial charge >= 0.3 is 5.97 Å². The van der Waals surface area contributed by atoms with Crippen molar-refractivity contribution in [1.29, 1.82) is 0 Å². The minimum atomic E-state index is -0.528. The number of carbonyl (C=O) groups is 2. The highest BCUT2D eigenvalue weighted by Gasteiger charge is 2.04. The van der Waals surface area contributed by atoms with Gasteiger partial charge in [-0.05, 0) is 17.7 Å². The third-order valence-corrected chi connectivity index (χ3v) is 1.92. The standard InChI is InChI=1S/C13H12O3/c1-16-13(15)12(9-10-14)8-7-11-5-3-2-4-6-11/h2-10H,1H3/b8-7+,12-9-. The van der Waals surface area contributed by atoms with E-state index in [1.165, 1.54) is 13.2 Å². The number of methoxy groups -OCH3 is 1. The average Bonchev–Trinajstić information content (AvgIpc) is 2.34. The first-order valence-corrected chi connectivity index (χ1v) is 4.75. The second kappa shape index (κ2) is 6.35. The Kier molecular flexibility index (Phi) is 4.73. The molecule has 1 aromatic rings. The molecule has 1 aromatic carbocycles. The Morgan fingerprint density at radius 1 is 1.25 bits per heavy atom. The molecule has 0 saturated heterocycles. The summed E-state index contributed by atoms with van der Waals surface area (Å²) in [5.74, 6) is -0.528. The van der Waals surface area contributed by atoms with Crippen molar-refractivity contribution in [2.24, 2.45) is 0 Å². The molecular formula is C13H12O3. The molecule has 0 aliphatic heterocycles. The first-order valence-electron chi connectivity index (χ1n) is 4.75. The van der Waals surface area contributed by atoms with E-state index in [1.54, 1.807) is 12.2 Å². The molecule has 0 heterocycles. The molecule has 3 nitrogen and oxygen atoms in total. The molecule has 0 aromatic heterocycles. The zero-order chi connectivity index (χ0) is 11.8. The van der Waals surface area contributed by atoms with E-state index in [2.05, 4.69) is 4.74 Å². The van der Waals surface area contributed by atoms with Gasteiger partial charge in [-0.15, -0.1) is 0 Å².